The second-order valence-electron chi connectivity index (χ2n) is 8.03. The van der Waals surface area contributed by atoms with Gasteiger partial charge in [-0.15, -0.1) is 0 Å². The number of hydrogen-bond donors (Lipinski definition) is 0. The van der Waals surface area contributed by atoms with E-state index in [1.165, 1.54) is 4.90 Å². The number of aliphatic imine (C=N–C) groups is 1. The van der Waals surface area contributed by atoms with Crippen LogP contribution in [0.15, 0.2) is 71.4 Å². The lowest BCUT2D eigenvalue weighted by Crippen LogP contribution is -2.35. The number of rotatable bonds is 7. The highest BCUT2D eigenvalue weighted by Crippen LogP contribution is 2.31. The number of esters is 1. The van der Waals surface area contributed by atoms with Crippen LogP contribution in [0.3, 0.4) is 0 Å². The van der Waals surface area contributed by atoms with Crippen LogP contribution in [0.5, 0.6) is 11.5 Å². The molecule has 34 heavy (non-hydrogen) atoms. The van der Waals surface area contributed by atoms with E-state index in [2.05, 4.69) is 4.99 Å². The van der Waals surface area contributed by atoms with Crippen LogP contribution in [0.25, 0.3) is 16.8 Å². The maximum atomic E-state index is 12.5. The summed E-state index contributed by atoms with van der Waals surface area (Å²) in [6.45, 7) is 3.96. The minimum absolute atomic E-state index is 0.155. The fourth-order valence-corrected chi connectivity index (χ4v) is 3.60. The number of benzene rings is 3. The van der Waals surface area contributed by atoms with Gasteiger partial charge in [-0.2, -0.15) is 0 Å². The van der Waals surface area contributed by atoms with Gasteiger partial charge < -0.3 is 19.1 Å². The van der Waals surface area contributed by atoms with Crippen molar-refractivity contribution >= 4 is 34.6 Å². The molecule has 0 bridgehead atoms. The molecular weight excluding hydrogens is 432 g/mol. The van der Waals surface area contributed by atoms with Gasteiger partial charge in [-0.05, 0) is 60.5 Å². The van der Waals surface area contributed by atoms with Crippen molar-refractivity contribution in [2.75, 3.05) is 20.7 Å². The number of ether oxygens (including phenoxy) is 3. The lowest BCUT2D eigenvalue weighted by Gasteiger charge is -2.20. The summed E-state index contributed by atoms with van der Waals surface area (Å²) in [5.74, 6) is 0.508. The molecule has 1 aliphatic rings. The van der Waals surface area contributed by atoms with Crippen molar-refractivity contribution in [3.05, 3.63) is 77.5 Å². The molecule has 7 heteroatoms. The molecule has 7 nitrogen and oxygen atoms in total. The van der Waals surface area contributed by atoms with E-state index in [1.807, 2.05) is 49.4 Å². The van der Waals surface area contributed by atoms with Gasteiger partial charge >= 0.3 is 5.97 Å². The van der Waals surface area contributed by atoms with Crippen LogP contribution in [-0.4, -0.2) is 49.5 Å². The monoisotopic (exact) mass is 458 g/mol. The largest absolute Gasteiger partial charge is 0.490 e. The molecule has 3 aromatic rings. The number of carbonyl (C=O) groups excluding carboxylic acids is 2. The Morgan fingerprint density at radius 2 is 1.82 bits per heavy atom. The van der Waals surface area contributed by atoms with Crippen LogP contribution < -0.4 is 9.47 Å². The summed E-state index contributed by atoms with van der Waals surface area (Å²) in [5, 5.41) is 2.13. The predicted octanol–water partition coefficient (Wildman–Crippen LogP) is 4.44. The third-order valence-corrected chi connectivity index (χ3v) is 5.28. The van der Waals surface area contributed by atoms with E-state index >= 15 is 0 Å². The van der Waals surface area contributed by atoms with Gasteiger partial charge in [0.05, 0.1) is 6.61 Å². The van der Waals surface area contributed by atoms with Crippen LogP contribution in [0, 0.1) is 0 Å². The maximum absolute atomic E-state index is 12.5. The molecule has 0 radical (unpaired) electrons. The Kier molecular flexibility index (Phi) is 6.63. The average Bonchev–Trinajstić information content (AvgIpc) is 3.19. The number of fused-ring (bicyclic) bond motifs is 1. The number of nitrogens with zero attached hydrogens (tertiary/aromatic N) is 2. The van der Waals surface area contributed by atoms with Crippen molar-refractivity contribution in [2.24, 2.45) is 4.99 Å². The van der Waals surface area contributed by atoms with Gasteiger partial charge in [0, 0.05) is 19.7 Å². The number of carbonyl (C=O) groups is 2. The van der Waals surface area contributed by atoms with Crippen molar-refractivity contribution in [3.63, 3.8) is 0 Å². The summed E-state index contributed by atoms with van der Waals surface area (Å²) in [5.41, 5.74) is 1.61. The minimum Gasteiger partial charge on any atom is -0.490 e. The Balaban J connectivity index is 1.60. The molecule has 0 spiro atoms. The molecule has 0 N–H and O–H groups in total. The second-order valence-corrected chi connectivity index (χ2v) is 8.03. The summed E-state index contributed by atoms with van der Waals surface area (Å²) in [6, 6.07) is 19.0. The third-order valence-electron chi connectivity index (χ3n) is 5.28. The third kappa shape index (κ3) is 4.93. The van der Waals surface area contributed by atoms with E-state index in [1.54, 1.807) is 45.3 Å². The van der Waals surface area contributed by atoms with Gasteiger partial charge in [-0.3, -0.25) is 4.79 Å². The molecule has 174 valence electrons. The molecule has 0 saturated heterocycles. The molecule has 4 rings (SSSR count). The molecule has 3 aromatic carbocycles. The Bertz CT molecular complexity index is 1310. The highest BCUT2D eigenvalue weighted by atomic mass is 16.6. The number of cyclic esters (lactones) is 1. The van der Waals surface area contributed by atoms with Gasteiger partial charge in [0.1, 0.15) is 0 Å². The fourth-order valence-electron chi connectivity index (χ4n) is 3.60. The smallest absolute Gasteiger partial charge is 0.363 e. The summed E-state index contributed by atoms with van der Waals surface area (Å²) < 4.78 is 17.0. The Hall–Kier alpha value is -4.13. The van der Waals surface area contributed by atoms with E-state index in [-0.39, 0.29) is 17.5 Å². The van der Waals surface area contributed by atoms with Crippen molar-refractivity contribution in [1.82, 2.24) is 4.90 Å². The number of likely N-dealkylation sites (N-methyl/N-ethyl adjacent to an activating group) is 1. The topological polar surface area (TPSA) is 77.4 Å². The predicted molar refractivity (Wildman–Crippen MR) is 131 cm³/mol. The molecule has 1 aliphatic heterocycles. The zero-order chi connectivity index (χ0) is 24.2. The summed E-state index contributed by atoms with van der Waals surface area (Å²) in [7, 11) is 3.35. The van der Waals surface area contributed by atoms with Gasteiger partial charge in [0.2, 0.25) is 5.90 Å². The first-order chi connectivity index (χ1) is 16.4. The molecule has 1 atom stereocenters. The van der Waals surface area contributed by atoms with Crippen LogP contribution >= 0.6 is 0 Å². The van der Waals surface area contributed by atoms with Gasteiger partial charge in [0.25, 0.3) is 5.91 Å². The first-order valence-corrected chi connectivity index (χ1v) is 11.0. The van der Waals surface area contributed by atoms with E-state index in [0.717, 1.165) is 16.3 Å². The second kappa shape index (κ2) is 9.79. The van der Waals surface area contributed by atoms with E-state index in [9.17, 15) is 9.59 Å². The SMILES string of the molecule is CCOc1cc(/C=C2/N=C(c3ccc4ccccc4c3)OC2=O)ccc1OC(C)C(=O)N(C)C. The number of hydrogen-bond acceptors (Lipinski definition) is 6. The van der Waals surface area contributed by atoms with E-state index < -0.39 is 12.1 Å². The highest BCUT2D eigenvalue weighted by Gasteiger charge is 2.25. The average molecular weight is 459 g/mol. The molecule has 0 aliphatic carbocycles. The first-order valence-electron chi connectivity index (χ1n) is 11.0. The Morgan fingerprint density at radius 3 is 2.56 bits per heavy atom. The summed E-state index contributed by atoms with van der Waals surface area (Å²) in [6.07, 6.45) is 0.967. The maximum Gasteiger partial charge on any atom is 0.363 e. The normalized spacial score (nSPS) is 15.1. The molecule has 0 aromatic heterocycles. The lowest BCUT2D eigenvalue weighted by molar-refractivity contribution is -0.135. The Labute approximate surface area is 198 Å². The molecule has 1 unspecified atom stereocenters. The van der Waals surface area contributed by atoms with E-state index in [0.29, 0.717) is 23.7 Å². The van der Waals surface area contributed by atoms with Crippen LogP contribution in [0.4, 0.5) is 0 Å². The van der Waals surface area contributed by atoms with Crippen LogP contribution in [0.1, 0.15) is 25.0 Å². The summed E-state index contributed by atoms with van der Waals surface area (Å²) >= 11 is 0. The van der Waals surface area contributed by atoms with Crippen molar-refractivity contribution < 1.29 is 23.8 Å². The van der Waals surface area contributed by atoms with Crippen molar-refractivity contribution in [2.45, 2.75) is 20.0 Å². The molecule has 0 fully saturated rings. The zero-order valence-electron chi connectivity index (χ0n) is 19.6. The van der Waals surface area contributed by atoms with Crippen LogP contribution in [-0.2, 0) is 14.3 Å². The zero-order valence-corrected chi connectivity index (χ0v) is 19.6. The molecule has 1 amide bonds. The van der Waals surface area contributed by atoms with Gasteiger partial charge in [-0.25, -0.2) is 9.79 Å². The molecule has 1 heterocycles. The molecular formula is C27H26N2O5. The van der Waals surface area contributed by atoms with Gasteiger partial charge in [-0.1, -0.05) is 36.4 Å². The van der Waals surface area contributed by atoms with Gasteiger partial charge in [0.15, 0.2) is 23.3 Å². The quantitative estimate of drug-likeness (QED) is 0.386. The molecule has 0 saturated carbocycles. The Morgan fingerprint density at radius 1 is 1.06 bits per heavy atom. The van der Waals surface area contributed by atoms with Crippen LogP contribution in [0.2, 0.25) is 0 Å². The van der Waals surface area contributed by atoms with Crippen molar-refractivity contribution in [3.8, 4) is 11.5 Å². The lowest BCUT2D eigenvalue weighted by atomic mass is 10.1. The minimum atomic E-state index is -0.669. The first kappa shape index (κ1) is 23.0. The van der Waals surface area contributed by atoms with E-state index in [4.69, 9.17) is 14.2 Å². The van der Waals surface area contributed by atoms with Crippen molar-refractivity contribution in [1.29, 1.82) is 0 Å². The highest BCUT2D eigenvalue weighted by molar-refractivity contribution is 6.13. The number of amides is 1. The standard InChI is InChI=1S/C27H26N2O5/c1-5-32-24-15-18(10-13-23(24)33-17(2)26(30)29(3)4)14-22-27(31)34-25(28-22)21-12-11-19-8-6-7-9-20(19)16-21/h6-17H,5H2,1-4H3/b22-14+. The summed E-state index contributed by atoms with van der Waals surface area (Å²) in [4.78, 5) is 30.5. The fraction of sp³-hybridized carbons (Fsp3) is 0.222.